The third kappa shape index (κ3) is 2.52. The number of rotatable bonds is 4. The lowest BCUT2D eigenvalue weighted by molar-refractivity contribution is -0.695. The maximum Gasteiger partial charge on any atom is 0.402 e. The van der Waals surface area contributed by atoms with Crippen molar-refractivity contribution in [2.24, 2.45) is 4.99 Å². The summed E-state index contributed by atoms with van der Waals surface area (Å²) in [6.07, 6.45) is 2.17. The second-order valence-electron chi connectivity index (χ2n) is 7.80. The minimum Gasteiger partial charge on any atom is -0.375 e. The summed E-state index contributed by atoms with van der Waals surface area (Å²) in [5.41, 5.74) is 1.94. The van der Waals surface area contributed by atoms with E-state index in [1.807, 2.05) is 18.4 Å². The molecule has 3 unspecified atom stereocenters. The third-order valence-corrected chi connectivity index (χ3v) is 6.16. The molecule has 9 heteroatoms. The van der Waals surface area contributed by atoms with Crippen molar-refractivity contribution in [1.82, 2.24) is 14.4 Å². The lowest BCUT2D eigenvalue weighted by Gasteiger charge is -2.35. The molecule has 3 aliphatic rings. The summed E-state index contributed by atoms with van der Waals surface area (Å²) in [4.78, 5) is 45.0. The third-order valence-electron chi connectivity index (χ3n) is 6.16. The van der Waals surface area contributed by atoms with Gasteiger partial charge in [0.2, 0.25) is 11.9 Å². The molecule has 2 fully saturated rings. The number of aromatic nitrogens is 2. The van der Waals surface area contributed by atoms with Crippen LogP contribution >= 0.6 is 0 Å². The lowest BCUT2D eigenvalue weighted by Crippen LogP contribution is -2.61. The Hall–Kier alpha value is -2.55. The number of urea groups is 1. The van der Waals surface area contributed by atoms with Crippen LogP contribution in [0.4, 0.5) is 10.7 Å². The van der Waals surface area contributed by atoms with Gasteiger partial charge in [-0.25, -0.2) is 18.8 Å². The van der Waals surface area contributed by atoms with Gasteiger partial charge >= 0.3 is 12.0 Å². The van der Waals surface area contributed by atoms with E-state index in [9.17, 15) is 14.4 Å². The number of fused-ring (bicyclic) bond motifs is 3. The zero-order valence-corrected chi connectivity index (χ0v) is 16.9. The molecule has 0 aliphatic carbocycles. The smallest absolute Gasteiger partial charge is 0.375 e. The van der Waals surface area contributed by atoms with Crippen LogP contribution in [0.1, 0.15) is 44.1 Å². The standard InChI is InChI=1S/C19H26N5O4/c1-10-11(2)23-15-16(20-18(23)22(10)9-14-7-6-8-28-14)21(5)19(27)24(17(15)26)12(3)13(4)25/h12,14-15H,6-9H2,1-5H3/q+1. The summed E-state index contributed by atoms with van der Waals surface area (Å²) in [6.45, 7) is 8.35. The van der Waals surface area contributed by atoms with Crippen molar-refractivity contribution >= 4 is 29.5 Å². The zero-order valence-electron chi connectivity index (χ0n) is 16.9. The van der Waals surface area contributed by atoms with Gasteiger partial charge in [-0.3, -0.25) is 14.5 Å². The van der Waals surface area contributed by atoms with E-state index in [1.54, 1.807) is 14.0 Å². The number of imide groups is 1. The topological polar surface area (TPSA) is 88.1 Å². The molecular weight excluding hydrogens is 362 g/mol. The average molecular weight is 388 g/mol. The first kappa shape index (κ1) is 18.8. The van der Waals surface area contributed by atoms with Crippen LogP contribution in [0.15, 0.2) is 4.99 Å². The van der Waals surface area contributed by atoms with Gasteiger partial charge in [0.25, 0.3) is 5.91 Å². The first-order valence-corrected chi connectivity index (χ1v) is 9.66. The number of likely N-dealkylation sites (N-methyl/N-ethyl adjacent to an activating group) is 1. The Morgan fingerprint density at radius 3 is 2.68 bits per heavy atom. The van der Waals surface area contributed by atoms with Gasteiger partial charge in [0.15, 0.2) is 5.78 Å². The molecule has 4 heterocycles. The molecular formula is C19H26N5O4+. The van der Waals surface area contributed by atoms with Gasteiger partial charge < -0.3 is 4.74 Å². The number of Topliss-reactive ketones (excluding diaryl/α,β-unsaturated/α-hetero) is 1. The van der Waals surface area contributed by atoms with Crippen molar-refractivity contribution in [1.29, 1.82) is 0 Å². The highest BCUT2D eigenvalue weighted by molar-refractivity contribution is 6.21. The fourth-order valence-corrected chi connectivity index (χ4v) is 4.22. The Bertz CT molecular complexity index is 912. The number of ketones is 1. The van der Waals surface area contributed by atoms with E-state index >= 15 is 0 Å². The van der Waals surface area contributed by atoms with Crippen LogP contribution in [-0.4, -0.2) is 63.7 Å². The van der Waals surface area contributed by atoms with Crippen molar-refractivity contribution in [3.8, 4) is 0 Å². The second kappa shape index (κ2) is 6.51. The molecule has 2 saturated heterocycles. The van der Waals surface area contributed by atoms with Crippen molar-refractivity contribution in [3.63, 3.8) is 0 Å². The fourth-order valence-electron chi connectivity index (χ4n) is 4.22. The Labute approximate surface area is 163 Å². The molecule has 0 aromatic carbocycles. The van der Waals surface area contributed by atoms with Gasteiger partial charge in [0, 0.05) is 13.7 Å². The van der Waals surface area contributed by atoms with E-state index in [0.29, 0.717) is 18.3 Å². The summed E-state index contributed by atoms with van der Waals surface area (Å²) in [7, 11) is 1.60. The number of hydrogen-bond donors (Lipinski definition) is 0. The van der Waals surface area contributed by atoms with Crippen LogP contribution < -0.4 is 4.57 Å². The number of hydrogen-bond acceptors (Lipinski definition) is 5. The molecule has 28 heavy (non-hydrogen) atoms. The lowest BCUT2D eigenvalue weighted by atomic mass is 10.1. The average Bonchev–Trinajstić information content (AvgIpc) is 3.34. The van der Waals surface area contributed by atoms with Crippen molar-refractivity contribution < 1.29 is 23.7 Å². The van der Waals surface area contributed by atoms with Gasteiger partial charge in [-0.15, -0.1) is 0 Å². The Balaban J connectivity index is 1.79. The first-order valence-electron chi connectivity index (χ1n) is 9.66. The molecule has 150 valence electrons. The predicted octanol–water partition coefficient (Wildman–Crippen LogP) is 1.03. The van der Waals surface area contributed by atoms with Crippen LogP contribution in [0.5, 0.6) is 0 Å². The van der Waals surface area contributed by atoms with Gasteiger partial charge in [0.1, 0.15) is 11.4 Å². The summed E-state index contributed by atoms with van der Waals surface area (Å²) >= 11 is 0. The molecule has 3 aliphatic heterocycles. The summed E-state index contributed by atoms with van der Waals surface area (Å²) in [5.74, 6) is 0.408. The summed E-state index contributed by atoms with van der Waals surface area (Å²) < 4.78 is 9.73. The summed E-state index contributed by atoms with van der Waals surface area (Å²) in [6, 6.07) is -2.07. The van der Waals surface area contributed by atoms with E-state index in [4.69, 9.17) is 4.74 Å². The number of aliphatic imine (C=N–C) groups is 1. The van der Waals surface area contributed by atoms with Gasteiger partial charge in [-0.05, 0) is 40.5 Å². The van der Waals surface area contributed by atoms with Crippen molar-refractivity contribution in [3.05, 3.63) is 11.4 Å². The molecule has 3 atom stereocenters. The molecule has 9 nitrogen and oxygen atoms in total. The van der Waals surface area contributed by atoms with Crippen LogP contribution in [-0.2, 0) is 20.9 Å². The zero-order chi connectivity index (χ0) is 20.3. The fraction of sp³-hybridized carbons (Fsp3) is 0.632. The van der Waals surface area contributed by atoms with Crippen LogP contribution in [0.3, 0.4) is 0 Å². The number of carbonyl (C=O) groups is 3. The van der Waals surface area contributed by atoms with Crippen LogP contribution in [0.25, 0.3) is 0 Å². The Kier molecular flexibility index (Phi) is 4.37. The molecule has 1 aromatic rings. The van der Waals surface area contributed by atoms with Crippen LogP contribution in [0.2, 0.25) is 0 Å². The number of amides is 3. The molecule has 0 N–H and O–H groups in total. The van der Waals surface area contributed by atoms with Crippen molar-refractivity contribution in [2.75, 3.05) is 13.7 Å². The summed E-state index contributed by atoms with van der Waals surface area (Å²) in [5, 5.41) is 0. The monoisotopic (exact) mass is 388 g/mol. The van der Waals surface area contributed by atoms with Gasteiger partial charge in [-0.2, -0.15) is 0 Å². The minimum atomic E-state index is -0.816. The van der Waals surface area contributed by atoms with Crippen LogP contribution in [0, 0.1) is 13.8 Å². The number of imidazole rings is 1. The molecule has 1 aromatic heterocycles. The highest BCUT2D eigenvalue weighted by atomic mass is 16.5. The molecule has 0 bridgehead atoms. The highest BCUT2D eigenvalue weighted by Gasteiger charge is 2.55. The number of nitrogens with zero attached hydrogens (tertiary/aromatic N) is 5. The van der Waals surface area contributed by atoms with Crippen molar-refractivity contribution in [2.45, 2.75) is 65.3 Å². The second-order valence-corrected chi connectivity index (χ2v) is 7.80. The minimum absolute atomic E-state index is 0.127. The van der Waals surface area contributed by atoms with E-state index in [2.05, 4.69) is 9.56 Å². The highest BCUT2D eigenvalue weighted by Crippen LogP contribution is 2.36. The quantitative estimate of drug-likeness (QED) is 0.721. The normalized spacial score (nSPS) is 25.1. The molecule has 0 spiro atoms. The van der Waals surface area contributed by atoms with E-state index in [-0.39, 0.29) is 11.9 Å². The molecule has 0 saturated carbocycles. The molecule has 0 radical (unpaired) electrons. The van der Waals surface area contributed by atoms with E-state index in [0.717, 1.165) is 35.7 Å². The first-order chi connectivity index (χ1) is 13.2. The maximum atomic E-state index is 13.3. The van der Waals surface area contributed by atoms with E-state index in [1.165, 1.54) is 11.8 Å². The maximum absolute atomic E-state index is 13.3. The number of ether oxygens (including phenoxy) is 1. The van der Waals surface area contributed by atoms with Gasteiger partial charge in [-0.1, -0.05) is 4.99 Å². The largest absolute Gasteiger partial charge is 0.402 e. The SMILES string of the molecule is CC(=O)C(C)N1C(=O)C2C(=Nc3n2c(C)c(C)[n+]3CC2CCCO2)N(C)C1=O. The number of amidine groups is 1. The number of carbonyl (C=O) groups excluding carboxylic acids is 3. The van der Waals surface area contributed by atoms with Gasteiger partial charge in [0.05, 0.1) is 18.7 Å². The molecule has 3 amide bonds. The van der Waals surface area contributed by atoms with E-state index < -0.39 is 24.0 Å². The molecule has 4 rings (SSSR count). The Morgan fingerprint density at radius 2 is 2.07 bits per heavy atom. The Morgan fingerprint density at radius 1 is 1.36 bits per heavy atom. The predicted molar refractivity (Wildman–Crippen MR) is 99.4 cm³/mol.